The van der Waals surface area contributed by atoms with Crippen LogP contribution in [0.3, 0.4) is 0 Å². The summed E-state index contributed by atoms with van der Waals surface area (Å²) < 4.78 is 30.4. The molecule has 1 fully saturated rings. The van der Waals surface area contributed by atoms with Crippen LogP contribution in [0.4, 0.5) is 5.69 Å². The second kappa shape index (κ2) is 7.21. The van der Waals surface area contributed by atoms with E-state index in [-0.39, 0.29) is 16.2 Å². The van der Waals surface area contributed by atoms with E-state index in [4.69, 9.17) is 9.88 Å². The molecule has 0 unspecified atom stereocenters. The van der Waals surface area contributed by atoms with Gasteiger partial charge in [0.2, 0.25) is 10.0 Å². The highest BCUT2D eigenvalue weighted by molar-refractivity contribution is 7.89. The summed E-state index contributed by atoms with van der Waals surface area (Å²) in [6, 6.07) is 8.04. The number of carboxylic acid groups (broad SMARTS) is 1. The van der Waals surface area contributed by atoms with E-state index in [9.17, 15) is 18.3 Å². The van der Waals surface area contributed by atoms with Crippen LogP contribution >= 0.6 is 0 Å². The Morgan fingerprint density at radius 1 is 1.15 bits per heavy atom. The van der Waals surface area contributed by atoms with E-state index < -0.39 is 16.0 Å². The first-order chi connectivity index (χ1) is 12.7. The van der Waals surface area contributed by atoms with Crippen LogP contribution < -0.4 is 14.8 Å². The zero-order valence-corrected chi connectivity index (χ0v) is 16.0. The molecule has 1 heterocycles. The van der Waals surface area contributed by atoms with E-state index in [1.807, 2.05) is 30.9 Å². The first kappa shape index (κ1) is 19.2. The Morgan fingerprint density at radius 2 is 1.81 bits per heavy atom. The smallest absolute Gasteiger partial charge is 0.335 e. The van der Waals surface area contributed by atoms with E-state index >= 15 is 0 Å². The molecule has 1 aliphatic rings. The minimum atomic E-state index is -4.20. The molecule has 0 aliphatic carbocycles. The maximum atomic E-state index is 12.2. The fourth-order valence-corrected chi connectivity index (χ4v) is 3.94. The first-order valence-corrected chi connectivity index (χ1v) is 10.2. The molecule has 27 heavy (non-hydrogen) atoms. The van der Waals surface area contributed by atoms with E-state index in [0.29, 0.717) is 24.5 Å². The van der Waals surface area contributed by atoms with Gasteiger partial charge in [-0.1, -0.05) is 17.7 Å². The van der Waals surface area contributed by atoms with Gasteiger partial charge in [0.1, 0.15) is 10.6 Å². The molecular formula is C19H22N2O5S. The molecule has 0 bridgehead atoms. The van der Waals surface area contributed by atoms with Crippen LogP contribution in [0.2, 0.25) is 0 Å². The number of ether oxygens (including phenoxy) is 1. The van der Waals surface area contributed by atoms with E-state index in [1.54, 1.807) is 6.07 Å². The normalized spacial score (nSPS) is 14.4. The number of carboxylic acids is 1. The number of sulfonamides is 1. The van der Waals surface area contributed by atoms with Crippen molar-refractivity contribution in [1.29, 1.82) is 0 Å². The largest absolute Gasteiger partial charge is 0.478 e. The SMILES string of the molecule is Cc1ccc(Oc2c(N3CCCC3)cc(C(=O)O)cc2S(N)(=O)=O)c(C)c1. The van der Waals surface area contributed by atoms with Gasteiger partial charge in [-0.2, -0.15) is 0 Å². The Bertz CT molecular complexity index is 995. The van der Waals surface area contributed by atoms with E-state index in [1.165, 1.54) is 6.07 Å². The third-order valence-corrected chi connectivity index (χ3v) is 5.49. The molecule has 0 atom stereocenters. The summed E-state index contributed by atoms with van der Waals surface area (Å²) in [6.45, 7) is 5.19. The number of hydrogen-bond donors (Lipinski definition) is 2. The lowest BCUT2D eigenvalue weighted by molar-refractivity contribution is 0.0696. The highest BCUT2D eigenvalue weighted by Crippen LogP contribution is 2.41. The summed E-state index contributed by atoms with van der Waals surface area (Å²) >= 11 is 0. The summed E-state index contributed by atoms with van der Waals surface area (Å²) in [4.78, 5) is 13.1. The molecule has 144 valence electrons. The maximum absolute atomic E-state index is 12.2. The van der Waals surface area contributed by atoms with Crippen molar-refractivity contribution in [3.8, 4) is 11.5 Å². The first-order valence-electron chi connectivity index (χ1n) is 8.61. The summed E-state index contributed by atoms with van der Waals surface area (Å²) in [5, 5.41) is 14.8. The van der Waals surface area contributed by atoms with Gasteiger partial charge in [-0.25, -0.2) is 18.4 Å². The minimum Gasteiger partial charge on any atom is -0.478 e. The highest BCUT2D eigenvalue weighted by atomic mass is 32.2. The van der Waals surface area contributed by atoms with E-state index in [0.717, 1.165) is 30.0 Å². The number of aryl methyl sites for hydroxylation is 2. The lowest BCUT2D eigenvalue weighted by Crippen LogP contribution is -2.22. The molecule has 2 aromatic carbocycles. The molecular weight excluding hydrogens is 368 g/mol. The van der Waals surface area contributed by atoms with Crippen LogP contribution in [0.25, 0.3) is 0 Å². The number of rotatable bonds is 5. The van der Waals surface area contributed by atoms with Gasteiger partial charge in [-0.15, -0.1) is 0 Å². The maximum Gasteiger partial charge on any atom is 0.335 e. The monoisotopic (exact) mass is 390 g/mol. The predicted molar refractivity (Wildman–Crippen MR) is 102 cm³/mol. The standard InChI is InChI=1S/C19H22N2O5S/c1-12-5-6-16(13(2)9-12)26-18-15(21-7-3-4-8-21)10-14(19(22)23)11-17(18)27(20,24)25/h5-6,9-11H,3-4,7-8H2,1-2H3,(H,22,23)(H2,20,24,25). The predicted octanol–water partition coefficient (Wildman–Crippen LogP) is 3.04. The van der Waals surface area contributed by atoms with Crippen molar-refractivity contribution in [3.05, 3.63) is 47.0 Å². The van der Waals surface area contributed by atoms with Gasteiger partial charge in [0.25, 0.3) is 0 Å². The number of aromatic carboxylic acids is 1. The summed E-state index contributed by atoms with van der Waals surface area (Å²) in [5.41, 5.74) is 2.17. The molecule has 7 nitrogen and oxygen atoms in total. The molecule has 0 aromatic heterocycles. The zero-order valence-electron chi connectivity index (χ0n) is 15.2. The zero-order chi connectivity index (χ0) is 19.8. The van der Waals surface area contributed by atoms with E-state index in [2.05, 4.69) is 0 Å². The lowest BCUT2D eigenvalue weighted by Gasteiger charge is -2.24. The van der Waals surface area contributed by atoms with Gasteiger partial charge in [0.15, 0.2) is 5.75 Å². The van der Waals surface area contributed by atoms with Gasteiger partial charge in [-0.3, -0.25) is 0 Å². The third kappa shape index (κ3) is 4.06. The number of primary sulfonamides is 1. The molecule has 1 aliphatic heterocycles. The second-order valence-electron chi connectivity index (χ2n) is 6.74. The molecule has 0 saturated carbocycles. The number of benzene rings is 2. The number of hydrogen-bond acceptors (Lipinski definition) is 5. The van der Waals surface area contributed by atoms with Gasteiger partial charge in [0.05, 0.1) is 11.3 Å². The van der Waals surface area contributed by atoms with Crippen molar-refractivity contribution in [2.75, 3.05) is 18.0 Å². The van der Waals surface area contributed by atoms with Crippen molar-refractivity contribution in [1.82, 2.24) is 0 Å². The Balaban J connectivity index is 2.23. The Kier molecular flexibility index (Phi) is 5.12. The fourth-order valence-electron chi connectivity index (χ4n) is 3.24. The van der Waals surface area contributed by atoms with Crippen molar-refractivity contribution < 1.29 is 23.1 Å². The number of anilines is 1. The number of carbonyl (C=O) groups is 1. The Morgan fingerprint density at radius 3 is 2.37 bits per heavy atom. The highest BCUT2D eigenvalue weighted by Gasteiger charge is 2.27. The number of nitrogens with zero attached hydrogens (tertiary/aromatic N) is 1. The van der Waals surface area contributed by atoms with Crippen LogP contribution in [-0.2, 0) is 10.0 Å². The molecule has 8 heteroatoms. The van der Waals surface area contributed by atoms with Crippen LogP contribution in [0, 0.1) is 13.8 Å². The van der Waals surface area contributed by atoms with Crippen LogP contribution in [0.1, 0.15) is 34.3 Å². The van der Waals surface area contributed by atoms with Crippen molar-refractivity contribution in [2.45, 2.75) is 31.6 Å². The average Bonchev–Trinajstić information content (AvgIpc) is 3.10. The second-order valence-corrected chi connectivity index (χ2v) is 8.27. The molecule has 0 spiro atoms. The molecule has 1 saturated heterocycles. The summed E-state index contributed by atoms with van der Waals surface area (Å²) in [6.07, 6.45) is 1.87. The average molecular weight is 390 g/mol. The van der Waals surface area contributed by atoms with Gasteiger partial charge in [-0.05, 0) is 50.5 Å². The summed E-state index contributed by atoms with van der Waals surface area (Å²) in [7, 11) is -4.20. The van der Waals surface area contributed by atoms with Crippen molar-refractivity contribution in [3.63, 3.8) is 0 Å². The minimum absolute atomic E-state index is 0.0661. The summed E-state index contributed by atoms with van der Waals surface area (Å²) in [5.74, 6) is -0.663. The Hall–Kier alpha value is -2.58. The molecule has 0 radical (unpaired) electrons. The van der Waals surface area contributed by atoms with Crippen molar-refractivity contribution >= 4 is 21.7 Å². The topological polar surface area (TPSA) is 110 Å². The lowest BCUT2D eigenvalue weighted by atomic mass is 10.1. The third-order valence-electron chi connectivity index (χ3n) is 4.58. The molecule has 3 N–H and O–H groups in total. The van der Waals surface area contributed by atoms with Crippen molar-refractivity contribution in [2.24, 2.45) is 5.14 Å². The number of nitrogens with two attached hydrogens (primary N) is 1. The van der Waals surface area contributed by atoms with Crippen LogP contribution in [0.15, 0.2) is 35.2 Å². The van der Waals surface area contributed by atoms with Crippen LogP contribution in [-0.4, -0.2) is 32.6 Å². The fraction of sp³-hybridized carbons (Fsp3) is 0.316. The van der Waals surface area contributed by atoms with Gasteiger partial charge in [0, 0.05) is 13.1 Å². The Labute approximate surface area is 158 Å². The molecule has 2 aromatic rings. The van der Waals surface area contributed by atoms with Crippen LogP contribution in [0.5, 0.6) is 11.5 Å². The molecule has 0 amide bonds. The molecule has 3 rings (SSSR count). The van der Waals surface area contributed by atoms with Gasteiger partial charge >= 0.3 is 5.97 Å². The quantitative estimate of drug-likeness (QED) is 0.812. The van der Waals surface area contributed by atoms with Gasteiger partial charge < -0.3 is 14.7 Å².